The van der Waals surface area contributed by atoms with Crippen molar-refractivity contribution >= 4 is 38.9 Å². The second-order valence-corrected chi connectivity index (χ2v) is 6.47. The van der Waals surface area contributed by atoms with Crippen LogP contribution in [0.25, 0.3) is 0 Å². The third-order valence-electron chi connectivity index (χ3n) is 2.36. The molecule has 1 aromatic heterocycles. The lowest BCUT2D eigenvalue weighted by atomic mass is 10.1. The first-order chi connectivity index (χ1) is 8.33. The van der Waals surface area contributed by atoms with E-state index < -0.39 is 12.6 Å². The zero-order valence-corrected chi connectivity index (χ0v) is 12.9. The van der Waals surface area contributed by atoms with Gasteiger partial charge in [0.25, 0.3) is 0 Å². The van der Waals surface area contributed by atoms with Crippen LogP contribution >= 0.6 is 38.9 Å². The molecule has 1 nitrogen and oxygen atoms in total. The zero-order chi connectivity index (χ0) is 13.8. The lowest BCUT2D eigenvalue weighted by Crippen LogP contribution is -2.23. The summed E-state index contributed by atoms with van der Waals surface area (Å²) in [6.45, 7) is 2.67. The van der Waals surface area contributed by atoms with Crippen LogP contribution in [0.2, 0.25) is 4.34 Å². The standard InChI is InChI=1S/C11H14BrClF3NS/c1-2-5-17-8(3-4-11(14,15)16)9-6-7(12)10(13)18-9/h6,8,17H,2-5H2,1H3. The minimum Gasteiger partial charge on any atom is -0.309 e. The van der Waals surface area contributed by atoms with E-state index in [4.69, 9.17) is 11.6 Å². The van der Waals surface area contributed by atoms with Crippen molar-refractivity contribution in [2.45, 2.75) is 38.4 Å². The third kappa shape index (κ3) is 5.47. The van der Waals surface area contributed by atoms with Gasteiger partial charge >= 0.3 is 6.18 Å². The predicted molar refractivity (Wildman–Crippen MR) is 73.4 cm³/mol. The number of alkyl halides is 3. The highest BCUT2D eigenvalue weighted by atomic mass is 79.9. The quantitative estimate of drug-likeness (QED) is 0.698. The van der Waals surface area contributed by atoms with Gasteiger partial charge in [-0.2, -0.15) is 13.2 Å². The minimum absolute atomic E-state index is 0.0345. The Morgan fingerprint density at radius 1 is 1.50 bits per heavy atom. The molecule has 1 atom stereocenters. The Kier molecular flexibility index (Phi) is 6.44. The first kappa shape index (κ1) is 16.3. The summed E-state index contributed by atoms with van der Waals surface area (Å²) < 4.78 is 38.1. The maximum Gasteiger partial charge on any atom is 0.389 e. The molecule has 1 heterocycles. The average Bonchev–Trinajstić information content (AvgIpc) is 2.58. The second-order valence-electron chi connectivity index (χ2n) is 3.93. The van der Waals surface area contributed by atoms with Crippen LogP contribution in [0, 0.1) is 0 Å². The van der Waals surface area contributed by atoms with E-state index in [1.54, 1.807) is 6.07 Å². The summed E-state index contributed by atoms with van der Waals surface area (Å²) in [6, 6.07) is 1.50. The van der Waals surface area contributed by atoms with Crippen molar-refractivity contribution in [1.29, 1.82) is 0 Å². The summed E-state index contributed by atoms with van der Waals surface area (Å²) in [7, 11) is 0. The second kappa shape index (κ2) is 7.12. The molecule has 0 fully saturated rings. The SMILES string of the molecule is CCCNC(CCC(F)(F)F)c1cc(Br)c(Cl)s1. The molecule has 0 spiro atoms. The van der Waals surface area contributed by atoms with E-state index >= 15 is 0 Å². The Morgan fingerprint density at radius 3 is 2.61 bits per heavy atom. The zero-order valence-electron chi connectivity index (χ0n) is 9.78. The van der Waals surface area contributed by atoms with E-state index in [-0.39, 0.29) is 12.5 Å². The molecule has 0 saturated heterocycles. The fourth-order valence-corrected chi connectivity index (χ4v) is 3.35. The Balaban J connectivity index is 2.71. The van der Waals surface area contributed by atoms with Crippen LogP contribution < -0.4 is 5.32 Å². The fraction of sp³-hybridized carbons (Fsp3) is 0.636. The van der Waals surface area contributed by atoms with Gasteiger partial charge in [-0.1, -0.05) is 18.5 Å². The van der Waals surface area contributed by atoms with Crippen molar-refractivity contribution in [2.75, 3.05) is 6.54 Å². The van der Waals surface area contributed by atoms with Gasteiger partial charge in [-0.25, -0.2) is 0 Å². The molecular weight excluding hydrogens is 351 g/mol. The molecule has 1 rings (SSSR count). The van der Waals surface area contributed by atoms with Crippen LogP contribution in [0.4, 0.5) is 13.2 Å². The maximum atomic E-state index is 12.3. The Labute approximate surface area is 122 Å². The third-order valence-corrected chi connectivity index (χ3v) is 4.95. The number of halogens is 5. The molecule has 7 heteroatoms. The predicted octanol–water partition coefficient (Wildman–Crippen LogP) is 5.55. The van der Waals surface area contributed by atoms with Gasteiger partial charge in [0.05, 0.1) is 0 Å². The van der Waals surface area contributed by atoms with E-state index in [1.807, 2.05) is 6.92 Å². The number of nitrogens with one attached hydrogen (secondary N) is 1. The van der Waals surface area contributed by atoms with E-state index in [9.17, 15) is 13.2 Å². The average molecular weight is 365 g/mol. The smallest absolute Gasteiger partial charge is 0.309 e. The first-order valence-corrected chi connectivity index (χ1v) is 7.57. The monoisotopic (exact) mass is 363 g/mol. The van der Waals surface area contributed by atoms with Gasteiger partial charge in [0.2, 0.25) is 0 Å². The van der Waals surface area contributed by atoms with Crippen LogP contribution in [0.1, 0.15) is 37.1 Å². The van der Waals surface area contributed by atoms with Crippen LogP contribution in [-0.2, 0) is 0 Å². The fourth-order valence-electron chi connectivity index (χ4n) is 1.51. The molecule has 0 aliphatic carbocycles. The molecule has 1 aromatic rings. The highest BCUT2D eigenvalue weighted by Gasteiger charge is 2.29. The molecule has 0 saturated carbocycles. The molecule has 0 aliphatic rings. The number of rotatable bonds is 6. The minimum atomic E-state index is -4.12. The van der Waals surface area contributed by atoms with Gasteiger partial charge in [-0.15, -0.1) is 11.3 Å². The van der Waals surface area contributed by atoms with Crippen molar-refractivity contribution in [3.05, 3.63) is 19.8 Å². The van der Waals surface area contributed by atoms with Gasteiger partial charge in [0.1, 0.15) is 4.34 Å². The molecule has 1 N–H and O–H groups in total. The normalized spacial score (nSPS) is 13.9. The Bertz CT molecular complexity index is 361. The number of hydrogen-bond acceptors (Lipinski definition) is 2. The summed E-state index contributed by atoms with van der Waals surface area (Å²) in [5, 5.41) is 3.13. The van der Waals surface area contributed by atoms with Gasteiger partial charge in [-0.05, 0) is 41.4 Å². The molecule has 0 aromatic carbocycles. The summed E-state index contributed by atoms with van der Waals surface area (Å²) >= 11 is 10.5. The van der Waals surface area contributed by atoms with E-state index in [0.29, 0.717) is 10.9 Å². The molecular formula is C11H14BrClF3NS. The molecule has 104 valence electrons. The van der Waals surface area contributed by atoms with Crippen LogP contribution in [0.3, 0.4) is 0 Å². The number of hydrogen-bond donors (Lipinski definition) is 1. The van der Waals surface area contributed by atoms with E-state index in [2.05, 4.69) is 21.2 Å². The topological polar surface area (TPSA) is 12.0 Å². The van der Waals surface area contributed by atoms with E-state index in [0.717, 1.165) is 15.8 Å². The van der Waals surface area contributed by atoms with Gasteiger partial charge in [-0.3, -0.25) is 0 Å². The molecule has 0 aliphatic heterocycles. The van der Waals surface area contributed by atoms with Crippen molar-refractivity contribution in [2.24, 2.45) is 0 Å². The Hall–Kier alpha value is 0.220. The van der Waals surface area contributed by atoms with Crippen molar-refractivity contribution < 1.29 is 13.2 Å². The van der Waals surface area contributed by atoms with Gasteiger partial charge in [0, 0.05) is 21.8 Å². The lowest BCUT2D eigenvalue weighted by molar-refractivity contribution is -0.136. The largest absolute Gasteiger partial charge is 0.389 e. The highest BCUT2D eigenvalue weighted by molar-refractivity contribution is 9.10. The summed E-state index contributed by atoms with van der Waals surface area (Å²) in [5.41, 5.74) is 0. The molecule has 18 heavy (non-hydrogen) atoms. The van der Waals surface area contributed by atoms with Crippen molar-refractivity contribution in [3.8, 4) is 0 Å². The highest BCUT2D eigenvalue weighted by Crippen LogP contribution is 2.37. The molecule has 1 unspecified atom stereocenters. The van der Waals surface area contributed by atoms with Crippen LogP contribution in [-0.4, -0.2) is 12.7 Å². The van der Waals surface area contributed by atoms with Crippen LogP contribution in [0.15, 0.2) is 10.5 Å². The maximum absolute atomic E-state index is 12.3. The van der Waals surface area contributed by atoms with Crippen molar-refractivity contribution in [3.63, 3.8) is 0 Å². The Morgan fingerprint density at radius 2 is 2.17 bits per heavy atom. The molecule has 0 amide bonds. The summed E-state index contributed by atoms with van der Waals surface area (Å²) in [4.78, 5) is 0.838. The molecule has 0 radical (unpaired) electrons. The molecule has 0 bridgehead atoms. The summed E-state index contributed by atoms with van der Waals surface area (Å²) in [5.74, 6) is 0. The van der Waals surface area contributed by atoms with Crippen molar-refractivity contribution in [1.82, 2.24) is 5.32 Å². The number of thiophene rings is 1. The van der Waals surface area contributed by atoms with Crippen LogP contribution in [0.5, 0.6) is 0 Å². The van der Waals surface area contributed by atoms with Gasteiger partial charge in [0.15, 0.2) is 0 Å². The first-order valence-electron chi connectivity index (χ1n) is 5.58. The summed E-state index contributed by atoms with van der Waals surface area (Å²) in [6.07, 6.45) is -4.00. The lowest BCUT2D eigenvalue weighted by Gasteiger charge is -2.18. The van der Waals surface area contributed by atoms with E-state index in [1.165, 1.54) is 11.3 Å². The van der Waals surface area contributed by atoms with Gasteiger partial charge < -0.3 is 5.32 Å².